The highest BCUT2D eigenvalue weighted by molar-refractivity contribution is 9.10. The van der Waals surface area contributed by atoms with Gasteiger partial charge in [0.15, 0.2) is 5.82 Å². The highest BCUT2D eigenvalue weighted by atomic mass is 79.9. The Hall–Kier alpha value is -0.940. The van der Waals surface area contributed by atoms with Crippen molar-refractivity contribution in [3.8, 4) is 0 Å². The number of rotatable bonds is 2. The van der Waals surface area contributed by atoms with Crippen LogP contribution < -0.4 is 0 Å². The van der Waals surface area contributed by atoms with E-state index in [1.54, 1.807) is 7.11 Å². The summed E-state index contributed by atoms with van der Waals surface area (Å²) < 4.78 is 10.4. The number of hydrogen-bond acceptors (Lipinski definition) is 4. The maximum absolute atomic E-state index is 5.48. The van der Waals surface area contributed by atoms with E-state index in [1.807, 2.05) is 31.2 Å². The van der Waals surface area contributed by atoms with Crippen molar-refractivity contribution in [2.45, 2.75) is 18.4 Å². The summed E-state index contributed by atoms with van der Waals surface area (Å²) in [5, 5.41) is 3.88. The summed E-state index contributed by atoms with van der Waals surface area (Å²) in [6.45, 7) is 1.99. The Kier molecular flexibility index (Phi) is 2.75. The lowest BCUT2D eigenvalue weighted by Gasteiger charge is -2.31. The van der Waals surface area contributed by atoms with Crippen molar-refractivity contribution in [3.63, 3.8) is 0 Å². The van der Waals surface area contributed by atoms with Gasteiger partial charge in [-0.15, -0.1) is 0 Å². The molecule has 2 atom stereocenters. The van der Waals surface area contributed by atoms with Crippen LogP contribution in [0.5, 0.6) is 0 Å². The largest absolute Gasteiger partial charge is 0.373 e. The van der Waals surface area contributed by atoms with Gasteiger partial charge in [-0.05, 0) is 6.92 Å². The lowest BCUT2D eigenvalue weighted by Crippen LogP contribution is -2.33. The van der Waals surface area contributed by atoms with Crippen LogP contribution >= 0.6 is 15.9 Å². The van der Waals surface area contributed by atoms with Gasteiger partial charge in [0.25, 0.3) is 4.80 Å². The average Bonchev–Trinajstić information content (AvgIpc) is 2.65. The minimum Gasteiger partial charge on any atom is -0.373 e. The Balaban J connectivity index is 2.35. The lowest BCUT2D eigenvalue weighted by molar-refractivity contribution is 0.0329. The second-order valence-electron chi connectivity index (χ2n) is 3.52. The first-order valence-electron chi connectivity index (χ1n) is 4.56. The van der Waals surface area contributed by atoms with E-state index < -0.39 is 5.60 Å². The topological polar surface area (TPSA) is 48.2 Å². The third-order valence-corrected chi connectivity index (χ3v) is 2.92. The van der Waals surface area contributed by atoms with Crippen LogP contribution in [0.4, 0.5) is 0 Å². The monoisotopic (exact) mass is 270 g/mol. The predicted octanol–water partition coefficient (Wildman–Crippen LogP) is 2.45. The van der Waals surface area contributed by atoms with Crippen molar-refractivity contribution >= 4 is 15.9 Å². The second kappa shape index (κ2) is 3.90. The average molecular weight is 271 g/mol. The zero-order valence-electron chi connectivity index (χ0n) is 8.48. The number of ether oxygens (including phenoxy) is 1. The molecular weight excluding hydrogens is 260 g/mol. The summed E-state index contributed by atoms with van der Waals surface area (Å²) in [6, 6.07) is 0. The van der Waals surface area contributed by atoms with Gasteiger partial charge in [-0.1, -0.05) is 29.5 Å². The minimum atomic E-state index is -0.419. The first kappa shape index (κ1) is 10.6. The third kappa shape index (κ3) is 1.89. The van der Waals surface area contributed by atoms with Gasteiger partial charge in [0.1, 0.15) is 0 Å². The Morgan fingerprint density at radius 3 is 2.93 bits per heavy atom. The molecule has 0 saturated heterocycles. The van der Waals surface area contributed by atoms with Gasteiger partial charge in [0.2, 0.25) is 0 Å². The molecule has 0 saturated carbocycles. The van der Waals surface area contributed by atoms with Crippen molar-refractivity contribution in [1.82, 2.24) is 10.1 Å². The van der Waals surface area contributed by atoms with Gasteiger partial charge in [0, 0.05) is 23.0 Å². The molecule has 2 unspecified atom stereocenters. The van der Waals surface area contributed by atoms with E-state index >= 15 is 0 Å². The van der Waals surface area contributed by atoms with E-state index in [0.717, 1.165) is 0 Å². The van der Waals surface area contributed by atoms with Crippen LogP contribution in [0.3, 0.4) is 0 Å². The number of aromatic nitrogens is 2. The van der Waals surface area contributed by atoms with Crippen LogP contribution in [0.25, 0.3) is 0 Å². The van der Waals surface area contributed by atoms with E-state index in [2.05, 4.69) is 26.1 Å². The molecule has 0 aliphatic heterocycles. The standard InChI is InChI=1S/C10H11BrN2O2/c1-10(14-2)6-4-3-5-7(10)8-12-9(11)15-13-8/h3-7H,1-2H3. The first-order valence-corrected chi connectivity index (χ1v) is 5.35. The summed E-state index contributed by atoms with van der Waals surface area (Å²) in [5.74, 6) is 0.592. The molecule has 1 aromatic heterocycles. The molecule has 1 aliphatic carbocycles. The van der Waals surface area contributed by atoms with E-state index in [9.17, 15) is 0 Å². The maximum atomic E-state index is 5.48. The van der Waals surface area contributed by atoms with Crippen LogP contribution in [0.2, 0.25) is 0 Å². The molecule has 4 nitrogen and oxygen atoms in total. The van der Waals surface area contributed by atoms with Gasteiger partial charge < -0.3 is 9.26 Å². The predicted molar refractivity (Wildman–Crippen MR) is 58.4 cm³/mol. The molecule has 80 valence electrons. The van der Waals surface area contributed by atoms with Crippen molar-refractivity contribution in [2.24, 2.45) is 0 Å². The molecule has 1 aliphatic rings. The Bertz CT molecular complexity index is 413. The number of halogens is 1. The molecule has 5 heteroatoms. The Morgan fingerprint density at radius 1 is 1.53 bits per heavy atom. The molecule has 0 aromatic carbocycles. The van der Waals surface area contributed by atoms with Gasteiger partial charge in [-0.25, -0.2) is 0 Å². The minimum absolute atomic E-state index is 0.0254. The van der Waals surface area contributed by atoms with Crippen LogP contribution in [0.15, 0.2) is 33.6 Å². The molecular formula is C10H11BrN2O2. The SMILES string of the molecule is COC1(C)C=CC=CC1c1noc(Br)n1. The molecule has 0 radical (unpaired) electrons. The normalized spacial score (nSPS) is 29.7. The highest BCUT2D eigenvalue weighted by Gasteiger charge is 2.35. The van der Waals surface area contributed by atoms with E-state index in [4.69, 9.17) is 9.26 Å². The van der Waals surface area contributed by atoms with Gasteiger partial charge in [-0.2, -0.15) is 4.98 Å². The third-order valence-electron chi connectivity index (χ3n) is 2.59. The number of allylic oxidation sites excluding steroid dienone is 2. The maximum Gasteiger partial charge on any atom is 0.293 e. The number of nitrogens with zero attached hydrogens (tertiary/aromatic N) is 2. The molecule has 0 fully saturated rings. The Morgan fingerprint density at radius 2 is 2.33 bits per heavy atom. The van der Waals surface area contributed by atoms with Crippen molar-refractivity contribution in [1.29, 1.82) is 0 Å². The molecule has 0 N–H and O–H groups in total. The summed E-state index contributed by atoms with van der Waals surface area (Å²) in [4.78, 5) is 4.54. The zero-order chi connectivity index (χ0) is 10.9. The summed E-state index contributed by atoms with van der Waals surface area (Å²) in [7, 11) is 1.67. The fourth-order valence-electron chi connectivity index (χ4n) is 1.60. The summed E-state index contributed by atoms with van der Waals surface area (Å²) in [6.07, 6.45) is 7.90. The molecule has 0 spiro atoms. The van der Waals surface area contributed by atoms with E-state index in [1.165, 1.54) is 0 Å². The molecule has 1 aromatic rings. The van der Waals surface area contributed by atoms with Gasteiger partial charge in [-0.3, -0.25) is 0 Å². The number of methoxy groups -OCH3 is 1. The van der Waals surface area contributed by atoms with Crippen LogP contribution in [0, 0.1) is 0 Å². The second-order valence-corrected chi connectivity index (χ2v) is 4.19. The smallest absolute Gasteiger partial charge is 0.293 e. The zero-order valence-corrected chi connectivity index (χ0v) is 10.1. The number of hydrogen-bond donors (Lipinski definition) is 0. The van der Waals surface area contributed by atoms with E-state index in [-0.39, 0.29) is 5.92 Å². The lowest BCUT2D eigenvalue weighted by atomic mass is 9.84. The molecule has 0 amide bonds. The van der Waals surface area contributed by atoms with Crippen LogP contribution in [-0.4, -0.2) is 22.9 Å². The molecule has 15 heavy (non-hydrogen) atoms. The van der Waals surface area contributed by atoms with Gasteiger partial charge in [0.05, 0.1) is 11.5 Å². The van der Waals surface area contributed by atoms with Crippen LogP contribution in [-0.2, 0) is 4.74 Å². The fourth-order valence-corrected chi connectivity index (χ4v) is 1.85. The quantitative estimate of drug-likeness (QED) is 0.828. The Labute approximate surface area is 96.1 Å². The fraction of sp³-hybridized carbons (Fsp3) is 0.400. The highest BCUT2D eigenvalue weighted by Crippen LogP contribution is 2.34. The summed E-state index contributed by atoms with van der Waals surface area (Å²) in [5.41, 5.74) is -0.419. The van der Waals surface area contributed by atoms with Gasteiger partial charge >= 0.3 is 0 Å². The molecule has 2 rings (SSSR count). The van der Waals surface area contributed by atoms with Crippen molar-refractivity contribution in [3.05, 3.63) is 34.9 Å². The first-order chi connectivity index (χ1) is 7.15. The van der Waals surface area contributed by atoms with Crippen molar-refractivity contribution in [2.75, 3.05) is 7.11 Å². The van der Waals surface area contributed by atoms with Crippen molar-refractivity contribution < 1.29 is 9.26 Å². The molecule has 0 bridgehead atoms. The van der Waals surface area contributed by atoms with E-state index in [0.29, 0.717) is 10.6 Å². The van der Waals surface area contributed by atoms with Crippen LogP contribution in [0.1, 0.15) is 18.7 Å². The molecule has 1 heterocycles. The summed E-state index contributed by atoms with van der Waals surface area (Å²) >= 11 is 3.14.